The average Bonchev–Trinajstić information content (AvgIpc) is 3.23. The fourth-order valence-corrected chi connectivity index (χ4v) is 3.19. The highest BCUT2D eigenvalue weighted by Crippen LogP contribution is 2.40. The highest BCUT2D eigenvalue weighted by Gasteiger charge is 2.32. The molecule has 104 valence electrons. The van der Waals surface area contributed by atoms with E-state index in [2.05, 4.69) is 33.1 Å². The lowest BCUT2D eigenvalue weighted by molar-refractivity contribution is 0.117. The van der Waals surface area contributed by atoms with Gasteiger partial charge in [-0.1, -0.05) is 24.3 Å². The highest BCUT2D eigenvalue weighted by molar-refractivity contribution is 5.34. The number of benzene rings is 1. The number of imidazole rings is 1. The molecule has 0 amide bonds. The molecule has 2 aromatic rings. The van der Waals surface area contributed by atoms with Crippen molar-refractivity contribution in [3.8, 4) is 0 Å². The van der Waals surface area contributed by atoms with Crippen molar-refractivity contribution in [2.24, 2.45) is 0 Å². The third-order valence-electron chi connectivity index (χ3n) is 4.40. The zero-order valence-corrected chi connectivity index (χ0v) is 11.4. The van der Waals surface area contributed by atoms with Crippen LogP contribution in [0, 0.1) is 0 Å². The summed E-state index contributed by atoms with van der Waals surface area (Å²) >= 11 is 0. The van der Waals surface area contributed by atoms with Gasteiger partial charge in [0.2, 0.25) is 0 Å². The number of hydrogen-bond acceptors (Lipinski definition) is 3. The van der Waals surface area contributed by atoms with Gasteiger partial charge in [0.25, 0.3) is 0 Å². The summed E-state index contributed by atoms with van der Waals surface area (Å²) in [6.07, 6.45) is 6.54. The lowest BCUT2D eigenvalue weighted by atomic mass is 9.90. The van der Waals surface area contributed by atoms with Crippen LogP contribution in [0.5, 0.6) is 0 Å². The quantitative estimate of drug-likeness (QED) is 0.897. The maximum absolute atomic E-state index is 10.8. The van der Waals surface area contributed by atoms with Crippen molar-refractivity contribution in [1.82, 2.24) is 14.9 Å². The Morgan fingerprint density at radius 3 is 3.00 bits per heavy atom. The minimum atomic E-state index is -0.542. The van der Waals surface area contributed by atoms with Gasteiger partial charge >= 0.3 is 0 Å². The van der Waals surface area contributed by atoms with Crippen molar-refractivity contribution in [2.45, 2.75) is 37.5 Å². The standard InChI is InChI=1S/C16H19N3O/c20-16(14-9-17-10-19(14)12-5-6-12)15-13-4-2-1-3-11(13)7-8-18-15/h1-4,9-10,12,15-16,18,20H,5-8H2. The van der Waals surface area contributed by atoms with E-state index in [1.54, 1.807) is 0 Å². The lowest BCUT2D eigenvalue weighted by Gasteiger charge is -2.31. The number of fused-ring (bicyclic) bond motifs is 1. The van der Waals surface area contributed by atoms with E-state index in [-0.39, 0.29) is 6.04 Å². The van der Waals surface area contributed by atoms with Crippen LogP contribution in [0.25, 0.3) is 0 Å². The molecule has 2 unspecified atom stereocenters. The number of nitrogens with one attached hydrogen (secondary N) is 1. The van der Waals surface area contributed by atoms with Gasteiger partial charge in [0.15, 0.2) is 0 Å². The Morgan fingerprint density at radius 1 is 1.30 bits per heavy atom. The zero-order valence-electron chi connectivity index (χ0n) is 11.4. The third kappa shape index (κ3) is 1.96. The molecule has 4 heteroatoms. The fraction of sp³-hybridized carbons (Fsp3) is 0.438. The van der Waals surface area contributed by atoms with Crippen molar-refractivity contribution < 1.29 is 5.11 Å². The summed E-state index contributed by atoms with van der Waals surface area (Å²) in [5.41, 5.74) is 3.49. The molecule has 0 spiro atoms. The second kappa shape index (κ2) is 4.72. The van der Waals surface area contributed by atoms with Crippen LogP contribution < -0.4 is 5.32 Å². The minimum Gasteiger partial charge on any atom is -0.385 e. The molecule has 1 fully saturated rings. The van der Waals surface area contributed by atoms with Crippen molar-refractivity contribution in [3.05, 3.63) is 53.6 Å². The molecule has 0 bridgehead atoms. The number of aliphatic hydroxyl groups is 1. The van der Waals surface area contributed by atoms with Crippen LogP contribution >= 0.6 is 0 Å². The van der Waals surface area contributed by atoms with Gasteiger partial charge in [-0.2, -0.15) is 0 Å². The molecule has 1 saturated carbocycles. The second-order valence-electron chi connectivity index (χ2n) is 5.78. The van der Waals surface area contributed by atoms with Gasteiger partial charge in [0, 0.05) is 6.04 Å². The topological polar surface area (TPSA) is 50.1 Å². The molecule has 1 aromatic heterocycles. The minimum absolute atomic E-state index is 0.0332. The average molecular weight is 269 g/mol. The third-order valence-corrected chi connectivity index (χ3v) is 4.40. The van der Waals surface area contributed by atoms with Crippen LogP contribution in [0.4, 0.5) is 0 Å². The van der Waals surface area contributed by atoms with E-state index in [0.29, 0.717) is 6.04 Å². The van der Waals surface area contributed by atoms with Crippen molar-refractivity contribution in [3.63, 3.8) is 0 Å². The lowest BCUT2D eigenvalue weighted by Crippen LogP contribution is -2.34. The Balaban J connectivity index is 1.69. The van der Waals surface area contributed by atoms with Gasteiger partial charge < -0.3 is 15.0 Å². The predicted molar refractivity (Wildman–Crippen MR) is 76.3 cm³/mol. The SMILES string of the molecule is OC(c1cncn1C1CC1)C1NCCc2ccccc21. The van der Waals surface area contributed by atoms with Crippen LogP contribution in [0.15, 0.2) is 36.8 Å². The van der Waals surface area contributed by atoms with Crippen LogP contribution in [0.1, 0.15) is 47.9 Å². The Bertz CT molecular complexity index is 618. The van der Waals surface area contributed by atoms with Crippen LogP contribution in [-0.4, -0.2) is 21.2 Å². The van der Waals surface area contributed by atoms with Crippen LogP contribution in [0.3, 0.4) is 0 Å². The molecule has 4 nitrogen and oxygen atoms in total. The summed E-state index contributed by atoms with van der Waals surface area (Å²) < 4.78 is 2.14. The summed E-state index contributed by atoms with van der Waals surface area (Å²) in [7, 11) is 0. The molecule has 4 rings (SSSR count). The molecule has 20 heavy (non-hydrogen) atoms. The highest BCUT2D eigenvalue weighted by atomic mass is 16.3. The summed E-state index contributed by atoms with van der Waals surface area (Å²) in [5, 5.41) is 14.3. The normalized spacial score (nSPS) is 23.4. The Hall–Kier alpha value is -1.65. The molecule has 0 saturated heterocycles. The van der Waals surface area contributed by atoms with Gasteiger partial charge in [-0.15, -0.1) is 0 Å². The largest absolute Gasteiger partial charge is 0.385 e. The molecule has 2 heterocycles. The molecular formula is C16H19N3O. The Morgan fingerprint density at radius 2 is 2.15 bits per heavy atom. The number of nitrogens with zero attached hydrogens (tertiary/aromatic N) is 2. The fourth-order valence-electron chi connectivity index (χ4n) is 3.19. The van der Waals surface area contributed by atoms with E-state index in [1.165, 1.54) is 24.0 Å². The van der Waals surface area contributed by atoms with Crippen molar-refractivity contribution in [2.75, 3.05) is 6.54 Å². The van der Waals surface area contributed by atoms with E-state index in [1.807, 2.05) is 18.6 Å². The molecule has 0 radical (unpaired) electrons. The zero-order chi connectivity index (χ0) is 13.5. The van der Waals surface area contributed by atoms with E-state index in [4.69, 9.17) is 0 Å². The predicted octanol–water partition coefficient (Wildman–Crippen LogP) is 2.14. The van der Waals surface area contributed by atoms with Gasteiger partial charge in [-0.3, -0.25) is 0 Å². The first-order valence-electron chi connectivity index (χ1n) is 7.35. The van der Waals surface area contributed by atoms with E-state index < -0.39 is 6.10 Å². The molecule has 1 aromatic carbocycles. The van der Waals surface area contributed by atoms with Gasteiger partial charge in [0.1, 0.15) is 6.10 Å². The molecule has 1 aliphatic heterocycles. The summed E-state index contributed by atoms with van der Waals surface area (Å²) in [6, 6.07) is 8.91. The van der Waals surface area contributed by atoms with Gasteiger partial charge in [-0.05, 0) is 36.9 Å². The maximum atomic E-state index is 10.8. The van der Waals surface area contributed by atoms with Gasteiger partial charge in [-0.25, -0.2) is 4.98 Å². The van der Waals surface area contributed by atoms with Crippen molar-refractivity contribution in [1.29, 1.82) is 0 Å². The second-order valence-corrected chi connectivity index (χ2v) is 5.78. The molecule has 1 aliphatic carbocycles. The van der Waals surface area contributed by atoms with Crippen LogP contribution in [0.2, 0.25) is 0 Å². The Kier molecular flexibility index (Phi) is 2.86. The van der Waals surface area contributed by atoms with Gasteiger partial charge in [0.05, 0.1) is 24.3 Å². The van der Waals surface area contributed by atoms with Crippen LogP contribution in [-0.2, 0) is 6.42 Å². The summed E-state index contributed by atoms with van der Waals surface area (Å²) in [5.74, 6) is 0. The first-order chi connectivity index (χ1) is 9.84. The van der Waals surface area contributed by atoms with Crippen molar-refractivity contribution >= 4 is 0 Å². The smallest absolute Gasteiger partial charge is 0.115 e. The van der Waals surface area contributed by atoms with E-state index in [9.17, 15) is 5.11 Å². The molecule has 2 atom stereocenters. The first kappa shape index (κ1) is 12.1. The molecular weight excluding hydrogens is 250 g/mol. The monoisotopic (exact) mass is 269 g/mol. The number of aromatic nitrogens is 2. The Labute approximate surface area is 118 Å². The van der Waals surface area contributed by atoms with E-state index in [0.717, 1.165) is 18.7 Å². The number of rotatable bonds is 3. The maximum Gasteiger partial charge on any atom is 0.115 e. The molecule has 2 N–H and O–H groups in total. The number of aliphatic hydroxyl groups excluding tert-OH is 1. The first-order valence-corrected chi connectivity index (χ1v) is 7.35. The van der Waals surface area contributed by atoms with E-state index >= 15 is 0 Å². The summed E-state index contributed by atoms with van der Waals surface area (Å²) in [6.45, 7) is 0.913. The molecule has 2 aliphatic rings. The number of hydrogen-bond donors (Lipinski definition) is 2. The summed E-state index contributed by atoms with van der Waals surface area (Å²) in [4.78, 5) is 4.23.